The maximum atomic E-state index is 13.8. The zero-order chi connectivity index (χ0) is 29.9. The molecule has 0 spiro atoms. The Kier molecular flexibility index (Phi) is 6.16. The summed E-state index contributed by atoms with van der Waals surface area (Å²) < 4.78 is 10.8. The van der Waals surface area contributed by atoms with Crippen LogP contribution in [0.5, 0.6) is 11.5 Å². The molecule has 0 radical (unpaired) electrons. The quantitative estimate of drug-likeness (QED) is 0.187. The van der Waals surface area contributed by atoms with E-state index in [1.54, 1.807) is 36.4 Å². The number of carbonyl (C=O) groups is 5. The number of ketones is 4. The van der Waals surface area contributed by atoms with E-state index in [1.807, 2.05) is 0 Å². The molecule has 4 aromatic rings. The highest BCUT2D eigenvalue weighted by Crippen LogP contribution is 2.42. The summed E-state index contributed by atoms with van der Waals surface area (Å²) in [6.45, 7) is 8.91. The number of fused-ring (bicyclic) bond motifs is 4. The van der Waals surface area contributed by atoms with E-state index in [9.17, 15) is 24.0 Å². The molecule has 0 heterocycles. The van der Waals surface area contributed by atoms with Crippen LogP contribution in [0.25, 0.3) is 23.3 Å². The highest BCUT2D eigenvalue weighted by Gasteiger charge is 2.37. The SMILES string of the molecule is C=Cc1cccc2c1C(=O)c1cc(-c3ccc4c(c3C=C)C(=O)c3cccc(OC(C)=O)c3C4=O)cc(OC)c1C2=O. The highest BCUT2D eigenvalue weighted by molar-refractivity contribution is 6.32. The van der Waals surface area contributed by atoms with Crippen LogP contribution >= 0.6 is 0 Å². The van der Waals surface area contributed by atoms with Gasteiger partial charge in [0.2, 0.25) is 0 Å². The summed E-state index contributed by atoms with van der Waals surface area (Å²) in [7, 11) is 1.41. The summed E-state index contributed by atoms with van der Waals surface area (Å²) in [4.78, 5) is 66.5. The van der Waals surface area contributed by atoms with Gasteiger partial charge in [0.05, 0.1) is 18.2 Å². The van der Waals surface area contributed by atoms with Gasteiger partial charge in [-0.15, -0.1) is 0 Å². The lowest BCUT2D eigenvalue weighted by atomic mass is 9.77. The Bertz CT molecular complexity index is 1980. The number of ether oxygens (including phenoxy) is 2. The zero-order valence-electron chi connectivity index (χ0n) is 22.7. The van der Waals surface area contributed by atoms with E-state index in [-0.39, 0.29) is 67.6 Å². The number of benzene rings is 4. The van der Waals surface area contributed by atoms with E-state index in [4.69, 9.17) is 9.47 Å². The lowest BCUT2D eigenvalue weighted by molar-refractivity contribution is -0.131. The van der Waals surface area contributed by atoms with Crippen molar-refractivity contribution in [2.24, 2.45) is 0 Å². The Hall–Kier alpha value is -5.69. The molecule has 0 bridgehead atoms. The summed E-state index contributed by atoms with van der Waals surface area (Å²) in [5, 5.41) is 0. The fraction of sp³-hybridized carbons (Fsp3) is 0.0571. The molecule has 0 N–H and O–H groups in total. The standard InChI is InChI=1S/C35H22O7/c1-5-18-9-7-10-22-28(18)35(40)25-15-19(16-27(41-4)31(25)33(22)38)21-13-14-24-29(20(21)6-2)32(37)23-11-8-12-26(42-17(3)36)30(23)34(24)39/h5-16H,1-2H2,3-4H3. The van der Waals surface area contributed by atoms with Crippen molar-refractivity contribution in [2.45, 2.75) is 6.92 Å². The summed E-state index contributed by atoms with van der Waals surface area (Å²) >= 11 is 0. The van der Waals surface area contributed by atoms with Crippen LogP contribution in [-0.2, 0) is 4.79 Å². The van der Waals surface area contributed by atoms with Gasteiger partial charge < -0.3 is 9.47 Å². The van der Waals surface area contributed by atoms with Gasteiger partial charge in [0.25, 0.3) is 0 Å². The number of carbonyl (C=O) groups excluding carboxylic acids is 5. The van der Waals surface area contributed by atoms with Gasteiger partial charge in [-0.2, -0.15) is 0 Å². The molecule has 4 aromatic carbocycles. The number of methoxy groups -OCH3 is 1. The van der Waals surface area contributed by atoms with Crippen molar-refractivity contribution in [2.75, 3.05) is 7.11 Å². The van der Waals surface area contributed by atoms with Crippen LogP contribution < -0.4 is 9.47 Å². The number of rotatable bonds is 5. The van der Waals surface area contributed by atoms with E-state index in [0.29, 0.717) is 22.3 Å². The third kappa shape index (κ3) is 3.71. The minimum absolute atomic E-state index is 0.00927. The van der Waals surface area contributed by atoms with Crippen molar-refractivity contribution < 1.29 is 33.4 Å². The van der Waals surface area contributed by atoms with Crippen molar-refractivity contribution in [1.82, 2.24) is 0 Å². The van der Waals surface area contributed by atoms with E-state index in [2.05, 4.69) is 13.2 Å². The van der Waals surface area contributed by atoms with E-state index in [1.165, 1.54) is 50.5 Å². The Labute approximate surface area is 240 Å². The van der Waals surface area contributed by atoms with Crippen LogP contribution in [0.4, 0.5) is 0 Å². The predicted molar refractivity (Wildman–Crippen MR) is 157 cm³/mol. The molecule has 2 aliphatic rings. The van der Waals surface area contributed by atoms with Gasteiger partial charge in [0.1, 0.15) is 11.5 Å². The molecule has 2 aliphatic carbocycles. The molecule has 204 valence electrons. The Morgan fingerprint density at radius 3 is 1.86 bits per heavy atom. The molecule has 6 rings (SSSR count). The Morgan fingerprint density at radius 1 is 0.643 bits per heavy atom. The van der Waals surface area contributed by atoms with E-state index >= 15 is 0 Å². The predicted octanol–water partition coefficient (Wildman–Crippen LogP) is 6.12. The third-order valence-corrected chi connectivity index (χ3v) is 7.57. The fourth-order valence-electron chi connectivity index (χ4n) is 5.78. The summed E-state index contributed by atoms with van der Waals surface area (Å²) in [6, 6.07) is 15.9. The zero-order valence-corrected chi connectivity index (χ0v) is 22.7. The summed E-state index contributed by atoms with van der Waals surface area (Å²) in [5.74, 6) is -2.02. The first-order valence-electron chi connectivity index (χ1n) is 13.0. The maximum absolute atomic E-state index is 13.8. The van der Waals surface area contributed by atoms with E-state index < -0.39 is 17.5 Å². The van der Waals surface area contributed by atoms with Gasteiger partial charge in [-0.3, -0.25) is 24.0 Å². The van der Waals surface area contributed by atoms with Gasteiger partial charge >= 0.3 is 5.97 Å². The minimum atomic E-state index is -0.617. The number of hydrogen-bond donors (Lipinski definition) is 0. The molecule has 0 unspecified atom stereocenters. The number of hydrogen-bond acceptors (Lipinski definition) is 7. The fourth-order valence-corrected chi connectivity index (χ4v) is 5.78. The average Bonchev–Trinajstić information content (AvgIpc) is 3.00. The molecular formula is C35H22O7. The molecule has 0 amide bonds. The topological polar surface area (TPSA) is 104 Å². The summed E-state index contributed by atoms with van der Waals surface area (Å²) in [5.41, 5.74) is 3.14. The lowest BCUT2D eigenvalue weighted by Crippen LogP contribution is -2.24. The first kappa shape index (κ1) is 26.5. The van der Waals surface area contributed by atoms with Gasteiger partial charge in [-0.1, -0.05) is 61.7 Å². The van der Waals surface area contributed by atoms with Gasteiger partial charge in [-0.05, 0) is 46.5 Å². The molecule has 7 nitrogen and oxygen atoms in total. The first-order valence-corrected chi connectivity index (χ1v) is 13.0. The molecular weight excluding hydrogens is 532 g/mol. The van der Waals surface area contributed by atoms with Crippen LogP contribution in [0.15, 0.2) is 73.8 Å². The van der Waals surface area contributed by atoms with Crippen molar-refractivity contribution in [3.05, 3.63) is 129 Å². The van der Waals surface area contributed by atoms with Gasteiger partial charge in [0, 0.05) is 40.3 Å². The molecule has 0 fully saturated rings. The lowest BCUT2D eigenvalue weighted by Gasteiger charge is -2.24. The average molecular weight is 555 g/mol. The van der Waals surface area contributed by atoms with Gasteiger partial charge in [-0.25, -0.2) is 0 Å². The second kappa shape index (κ2) is 9.74. The molecule has 0 saturated carbocycles. The largest absolute Gasteiger partial charge is 0.496 e. The monoisotopic (exact) mass is 554 g/mol. The maximum Gasteiger partial charge on any atom is 0.308 e. The Balaban J connectivity index is 1.56. The Morgan fingerprint density at radius 2 is 1.21 bits per heavy atom. The van der Waals surface area contributed by atoms with Crippen molar-refractivity contribution in [3.8, 4) is 22.6 Å². The van der Waals surface area contributed by atoms with Gasteiger partial charge in [0.15, 0.2) is 23.1 Å². The van der Waals surface area contributed by atoms with Crippen molar-refractivity contribution in [1.29, 1.82) is 0 Å². The number of esters is 1. The van der Waals surface area contributed by atoms with Crippen LogP contribution in [0, 0.1) is 0 Å². The molecule has 0 atom stereocenters. The second-order valence-electron chi connectivity index (χ2n) is 9.82. The molecule has 0 aliphatic heterocycles. The third-order valence-electron chi connectivity index (χ3n) is 7.57. The second-order valence-corrected chi connectivity index (χ2v) is 9.82. The molecule has 0 saturated heterocycles. The molecule has 0 aromatic heterocycles. The van der Waals surface area contributed by atoms with Crippen LogP contribution in [0.2, 0.25) is 0 Å². The van der Waals surface area contributed by atoms with Crippen molar-refractivity contribution >= 4 is 41.3 Å². The highest BCUT2D eigenvalue weighted by atomic mass is 16.5. The summed E-state index contributed by atoms with van der Waals surface area (Å²) in [6.07, 6.45) is 3.01. The molecule has 42 heavy (non-hydrogen) atoms. The first-order chi connectivity index (χ1) is 20.2. The molecule has 7 heteroatoms. The smallest absolute Gasteiger partial charge is 0.308 e. The van der Waals surface area contributed by atoms with Crippen LogP contribution in [-0.4, -0.2) is 36.2 Å². The minimum Gasteiger partial charge on any atom is -0.496 e. The van der Waals surface area contributed by atoms with E-state index in [0.717, 1.165) is 0 Å². The normalized spacial score (nSPS) is 13.0. The van der Waals surface area contributed by atoms with Crippen molar-refractivity contribution in [3.63, 3.8) is 0 Å². The van der Waals surface area contributed by atoms with Crippen LogP contribution in [0.1, 0.15) is 81.7 Å². The van der Waals surface area contributed by atoms with Crippen LogP contribution in [0.3, 0.4) is 0 Å².